The molecule has 1 aliphatic rings. The third kappa shape index (κ3) is 1.52. The van der Waals surface area contributed by atoms with Gasteiger partial charge in [-0.25, -0.2) is 4.98 Å². The molecule has 0 saturated heterocycles. The fraction of sp³-hybridized carbons (Fsp3) is 0.667. The lowest BCUT2D eigenvalue weighted by atomic mass is 9.80. The first-order chi connectivity index (χ1) is 5.75. The number of aryl methyl sites for hydroxylation is 1. The van der Waals surface area contributed by atoms with Crippen LogP contribution in [0.4, 0.5) is 0 Å². The van der Waals surface area contributed by atoms with Crippen molar-refractivity contribution < 1.29 is 5.11 Å². The summed E-state index contributed by atoms with van der Waals surface area (Å²) in [5.41, 5.74) is 1.10. The lowest BCUT2D eigenvalue weighted by molar-refractivity contribution is 0.0244. The van der Waals surface area contributed by atoms with Crippen molar-refractivity contribution in [3.05, 3.63) is 16.1 Å². The van der Waals surface area contributed by atoms with Crippen LogP contribution in [0.3, 0.4) is 0 Å². The van der Waals surface area contributed by atoms with Crippen molar-refractivity contribution in [2.24, 2.45) is 5.92 Å². The van der Waals surface area contributed by atoms with Gasteiger partial charge in [-0.2, -0.15) is 0 Å². The van der Waals surface area contributed by atoms with E-state index in [1.807, 2.05) is 6.92 Å². The number of hydrogen-bond donors (Lipinski definition) is 1. The molecule has 1 heterocycles. The van der Waals surface area contributed by atoms with Gasteiger partial charge in [-0.1, -0.05) is 0 Å². The smallest absolute Gasteiger partial charge is 0.0931 e. The van der Waals surface area contributed by atoms with Crippen LogP contribution in [0.5, 0.6) is 0 Å². The third-order valence-corrected chi connectivity index (χ3v) is 3.47. The summed E-state index contributed by atoms with van der Waals surface area (Å²) in [7, 11) is 0. The molecule has 2 atom stereocenters. The van der Waals surface area contributed by atoms with Gasteiger partial charge in [0, 0.05) is 17.5 Å². The molecule has 1 saturated carbocycles. The summed E-state index contributed by atoms with van der Waals surface area (Å²) in [5.74, 6) is 0.482. The van der Waals surface area contributed by atoms with Crippen LogP contribution < -0.4 is 0 Å². The maximum atomic E-state index is 9.35. The van der Waals surface area contributed by atoms with Gasteiger partial charge in [-0.05, 0) is 25.7 Å². The predicted octanol–water partition coefficient (Wildman–Crippen LogP) is 1.76. The Morgan fingerprint density at radius 2 is 2.50 bits per heavy atom. The van der Waals surface area contributed by atoms with Crippen LogP contribution in [0.15, 0.2) is 5.38 Å². The molecule has 2 nitrogen and oxygen atoms in total. The number of aromatic nitrogens is 1. The Labute approximate surface area is 76.3 Å². The predicted molar refractivity (Wildman–Crippen MR) is 49.3 cm³/mol. The minimum absolute atomic E-state index is 0.0609. The van der Waals surface area contributed by atoms with Crippen LogP contribution in [0.2, 0.25) is 0 Å². The van der Waals surface area contributed by atoms with Gasteiger partial charge in [0.15, 0.2) is 0 Å². The number of aliphatic hydroxyl groups is 1. The first-order valence-corrected chi connectivity index (χ1v) is 5.23. The van der Waals surface area contributed by atoms with E-state index in [1.165, 1.54) is 11.4 Å². The summed E-state index contributed by atoms with van der Waals surface area (Å²) in [5, 5.41) is 12.6. The van der Waals surface area contributed by atoms with Crippen molar-refractivity contribution in [3.8, 4) is 0 Å². The lowest BCUT2D eigenvalue weighted by Gasteiger charge is -2.31. The highest BCUT2D eigenvalue weighted by atomic mass is 32.1. The zero-order chi connectivity index (χ0) is 8.55. The highest BCUT2D eigenvalue weighted by molar-refractivity contribution is 7.09. The standard InChI is InChI=1S/C9H13NOS/c1-6-5-12-9(10-6)4-7-2-3-8(7)11/h5,7-8,11H,2-4H2,1H3. The van der Waals surface area contributed by atoms with E-state index in [0.717, 1.165) is 18.5 Å². The quantitative estimate of drug-likeness (QED) is 0.758. The molecular formula is C9H13NOS. The zero-order valence-corrected chi connectivity index (χ0v) is 7.97. The fourth-order valence-corrected chi connectivity index (χ4v) is 2.38. The summed E-state index contributed by atoms with van der Waals surface area (Å²) in [6, 6.07) is 0. The first kappa shape index (κ1) is 8.20. The van der Waals surface area contributed by atoms with Crippen molar-refractivity contribution in [2.75, 3.05) is 0 Å². The minimum atomic E-state index is -0.0609. The molecule has 0 aromatic carbocycles. The van der Waals surface area contributed by atoms with Crippen LogP contribution in [-0.4, -0.2) is 16.2 Å². The summed E-state index contributed by atoms with van der Waals surface area (Å²) >= 11 is 1.71. The van der Waals surface area contributed by atoms with Crippen LogP contribution in [0, 0.1) is 12.8 Å². The van der Waals surface area contributed by atoms with Gasteiger partial charge in [0.25, 0.3) is 0 Å². The van der Waals surface area contributed by atoms with Crippen molar-refractivity contribution >= 4 is 11.3 Å². The second-order valence-electron chi connectivity index (χ2n) is 3.49. The Balaban J connectivity index is 1.95. The van der Waals surface area contributed by atoms with Gasteiger partial charge in [-0.3, -0.25) is 0 Å². The largest absolute Gasteiger partial charge is 0.393 e. The molecule has 3 heteroatoms. The molecule has 1 fully saturated rings. The molecule has 2 rings (SSSR count). The molecular weight excluding hydrogens is 170 g/mol. The molecule has 0 spiro atoms. The molecule has 1 aliphatic carbocycles. The Kier molecular flexibility index (Phi) is 2.15. The Hall–Kier alpha value is -0.410. The van der Waals surface area contributed by atoms with Crippen molar-refractivity contribution in [2.45, 2.75) is 32.3 Å². The Morgan fingerprint density at radius 1 is 1.67 bits per heavy atom. The number of aliphatic hydroxyl groups excluding tert-OH is 1. The molecule has 0 bridgehead atoms. The molecule has 0 aliphatic heterocycles. The second kappa shape index (κ2) is 3.15. The zero-order valence-electron chi connectivity index (χ0n) is 7.16. The number of rotatable bonds is 2. The molecule has 1 N–H and O–H groups in total. The first-order valence-electron chi connectivity index (χ1n) is 4.35. The molecule has 2 unspecified atom stereocenters. The Bertz CT molecular complexity index is 271. The normalized spacial score (nSPS) is 28.5. The van der Waals surface area contributed by atoms with Gasteiger partial charge in [0.2, 0.25) is 0 Å². The van der Waals surface area contributed by atoms with Crippen LogP contribution in [0.25, 0.3) is 0 Å². The molecule has 1 aromatic rings. The van der Waals surface area contributed by atoms with Crippen LogP contribution in [0.1, 0.15) is 23.5 Å². The van der Waals surface area contributed by atoms with E-state index in [2.05, 4.69) is 10.4 Å². The van der Waals surface area contributed by atoms with Gasteiger partial charge in [0.05, 0.1) is 11.1 Å². The summed E-state index contributed by atoms with van der Waals surface area (Å²) < 4.78 is 0. The maximum absolute atomic E-state index is 9.35. The highest BCUT2D eigenvalue weighted by Crippen LogP contribution is 2.31. The second-order valence-corrected chi connectivity index (χ2v) is 4.43. The number of nitrogens with zero attached hydrogens (tertiary/aromatic N) is 1. The van der Waals surface area contributed by atoms with E-state index in [0.29, 0.717) is 5.92 Å². The van der Waals surface area contributed by atoms with Gasteiger partial charge < -0.3 is 5.11 Å². The van der Waals surface area contributed by atoms with Crippen molar-refractivity contribution in [1.29, 1.82) is 0 Å². The van der Waals surface area contributed by atoms with Crippen molar-refractivity contribution in [1.82, 2.24) is 4.98 Å². The van der Waals surface area contributed by atoms with Gasteiger partial charge >= 0.3 is 0 Å². The highest BCUT2D eigenvalue weighted by Gasteiger charge is 2.29. The molecule has 66 valence electrons. The van der Waals surface area contributed by atoms with Crippen molar-refractivity contribution in [3.63, 3.8) is 0 Å². The van der Waals surface area contributed by atoms with E-state index >= 15 is 0 Å². The molecule has 1 aromatic heterocycles. The summed E-state index contributed by atoms with van der Waals surface area (Å²) in [4.78, 5) is 4.37. The Morgan fingerprint density at radius 3 is 2.92 bits per heavy atom. The van der Waals surface area contributed by atoms with E-state index in [1.54, 1.807) is 11.3 Å². The van der Waals surface area contributed by atoms with E-state index in [-0.39, 0.29) is 6.10 Å². The van der Waals surface area contributed by atoms with E-state index < -0.39 is 0 Å². The minimum Gasteiger partial charge on any atom is -0.393 e. The molecule has 12 heavy (non-hydrogen) atoms. The lowest BCUT2D eigenvalue weighted by Crippen LogP contribution is -2.32. The fourth-order valence-electron chi connectivity index (χ4n) is 1.51. The maximum Gasteiger partial charge on any atom is 0.0931 e. The van der Waals surface area contributed by atoms with Gasteiger partial charge in [-0.15, -0.1) is 11.3 Å². The van der Waals surface area contributed by atoms with Crippen LogP contribution in [-0.2, 0) is 6.42 Å². The topological polar surface area (TPSA) is 33.1 Å². The number of thiazole rings is 1. The number of hydrogen-bond acceptors (Lipinski definition) is 3. The molecule has 0 radical (unpaired) electrons. The third-order valence-electron chi connectivity index (χ3n) is 2.48. The average Bonchev–Trinajstić information content (AvgIpc) is 2.44. The summed E-state index contributed by atoms with van der Waals surface area (Å²) in [6.45, 7) is 2.01. The molecule has 0 amide bonds. The average molecular weight is 183 g/mol. The monoisotopic (exact) mass is 183 g/mol. The summed E-state index contributed by atoms with van der Waals surface area (Å²) in [6.07, 6.45) is 3.06. The van der Waals surface area contributed by atoms with E-state index in [4.69, 9.17) is 0 Å². The SMILES string of the molecule is Cc1csc(CC2CCC2O)n1. The van der Waals surface area contributed by atoms with Crippen LogP contribution >= 0.6 is 11.3 Å². The van der Waals surface area contributed by atoms with E-state index in [9.17, 15) is 5.11 Å². The van der Waals surface area contributed by atoms with Gasteiger partial charge in [0.1, 0.15) is 0 Å².